The maximum Gasteiger partial charge on any atom is 0.243 e. The van der Waals surface area contributed by atoms with E-state index in [1.165, 1.54) is 11.4 Å². The van der Waals surface area contributed by atoms with Crippen molar-refractivity contribution >= 4 is 10.0 Å². The number of aliphatic hydroxyl groups excluding tert-OH is 1. The number of hydrogen-bond donors (Lipinski definition) is 2. The van der Waals surface area contributed by atoms with E-state index >= 15 is 0 Å². The van der Waals surface area contributed by atoms with Crippen LogP contribution in [0.1, 0.15) is 25.8 Å². The number of benzene rings is 1. The molecule has 1 unspecified atom stereocenters. The molecular formula is C14H24N2O3S. The van der Waals surface area contributed by atoms with Crippen LogP contribution in [0.25, 0.3) is 0 Å². The lowest BCUT2D eigenvalue weighted by atomic mass is 10.2. The van der Waals surface area contributed by atoms with Crippen LogP contribution in [0.3, 0.4) is 0 Å². The van der Waals surface area contributed by atoms with Gasteiger partial charge in [0.15, 0.2) is 0 Å². The van der Waals surface area contributed by atoms with E-state index in [2.05, 4.69) is 12.2 Å². The molecule has 0 saturated heterocycles. The van der Waals surface area contributed by atoms with Crippen molar-refractivity contribution in [2.45, 2.75) is 37.8 Å². The molecule has 0 spiro atoms. The van der Waals surface area contributed by atoms with Crippen molar-refractivity contribution in [2.24, 2.45) is 0 Å². The third-order valence-corrected chi connectivity index (χ3v) is 5.23. The molecule has 0 radical (unpaired) electrons. The van der Waals surface area contributed by atoms with Crippen molar-refractivity contribution < 1.29 is 13.5 Å². The molecule has 5 nitrogen and oxygen atoms in total. The van der Waals surface area contributed by atoms with Crippen LogP contribution in [0, 0.1) is 0 Å². The lowest BCUT2D eigenvalue weighted by Gasteiger charge is -2.22. The molecule has 0 aliphatic heterocycles. The second-order valence-corrected chi connectivity index (χ2v) is 6.87. The molecule has 114 valence electrons. The Hall–Kier alpha value is -0.950. The van der Waals surface area contributed by atoms with Crippen molar-refractivity contribution in [1.29, 1.82) is 0 Å². The molecule has 0 aliphatic rings. The van der Waals surface area contributed by atoms with Gasteiger partial charge in [-0.1, -0.05) is 19.1 Å². The molecule has 0 bridgehead atoms. The van der Waals surface area contributed by atoms with Crippen LogP contribution in [-0.2, 0) is 16.6 Å². The molecule has 1 atom stereocenters. The highest BCUT2D eigenvalue weighted by molar-refractivity contribution is 7.89. The molecule has 20 heavy (non-hydrogen) atoms. The quantitative estimate of drug-likeness (QED) is 0.708. The molecule has 0 fully saturated rings. The van der Waals surface area contributed by atoms with Gasteiger partial charge in [-0.3, -0.25) is 0 Å². The zero-order valence-electron chi connectivity index (χ0n) is 12.3. The first kappa shape index (κ1) is 17.1. The molecule has 0 saturated carbocycles. The molecule has 0 heterocycles. The Morgan fingerprint density at radius 2 is 1.90 bits per heavy atom. The normalized spacial score (nSPS) is 13.7. The van der Waals surface area contributed by atoms with Gasteiger partial charge < -0.3 is 10.4 Å². The second-order valence-electron chi connectivity index (χ2n) is 4.87. The van der Waals surface area contributed by atoms with Gasteiger partial charge in [0.1, 0.15) is 0 Å². The van der Waals surface area contributed by atoms with Crippen LogP contribution in [0.5, 0.6) is 0 Å². The molecule has 6 heteroatoms. The van der Waals surface area contributed by atoms with Crippen LogP contribution < -0.4 is 5.32 Å². The van der Waals surface area contributed by atoms with Crippen LogP contribution >= 0.6 is 0 Å². The van der Waals surface area contributed by atoms with Gasteiger partial charge in [0, 0.05) is 19.6 Å². The Labute approximate surface area is 121 Å². The van der Waals surface area contributed by atoms with E-state index in [9.17, 15) is 8.42 Å². The van der Waals surface area contributed by atoms with E-state index < -0.39 is 16.1 Å². The number of sulfonamides is 1. The van der Waals surface area contributed by atoms with E-state index in [4.69, 9.17) is 5.11 Å². The Kier molecular flexibility index (Phi) is 6.61. The number of hydrogen-bond acceptors (Lipinski definition) is 4. The largest absolute Gasteiger partial charge is 0.395 e. The molecule has 1 aromatic rings. The van der Waals surface area contributed by atoms with Gasteiger partial charge in [-0.2, -0.15) is 4.31 Å². The van der Waals surface area contributed by atoms with Crippen molar-refractivity contribution in [1.82, 2.24) is 9.62 Å². The minimum Gasteiger partial charge on any atom is -0.395 e. The van der Waals surface area contributed by atoms with Crippen LogP contribution in [0.4, 0.5) is 0 Å². The maximum atomic E-state index is 12.3. The predicted octanol–water partition coefficient (Wildman–Crippen LogP) is 1.19. The number of aliphatic hydroxyl groups is 1. The smallest absolute Gasteiger partial charge is 0.243 e. The van der Waals surface area contributed by atoms with Crippen LogP contribution in [0.2, 0.25) is 0 Å². The summed E-state index contributed by atoms with van der Waals surface area (Å²) >= 11 is 0. The number of likely N-dealkylation sites (N-methyl/N-ethyl adjacent to an activating group) is 1. The van der Waals surface area contributed by atoms with Gasteiger partial charge in [-0.05, 0) is 37.6 Å². The SMILES string of the molecule is CCCNCc1ccc(S(=O)(=O)N(C)C(C)CO)cc1. The first-order valence-electron chi connectivity index (χ1n) is 6.82. The number of nitrogens with zero attached hydrogens (tertiary/aromatic N) is 1. The molecule has 1 aromatic carbocycles. The van der Waals surface area contributed by atoms with Crippen molar-refractivity contribution in [2.75, 3.05) is 20.2 Å². The lowest BCUT2D eigenvalue weighted by molar-refractivity contribution is 0.214. The first-order valence-corrected chi connectivity index (χ1v) is 8.26. The summed E-state index contributed by atoms with van der Waals surface area (Å²) in [7, 11) is -2.06. The van der Waals surface area contributed by atoms with Gasteiger partial charge >= 0.3 is 0 Å². The topological polar surface area (TPSA) is 69.6 Å². The Morgan fingerprint density at radius 3 is 2.40 bits per heavy atom. The third kappa shape index (κ3) is 4.28. The molecule has 0 aliphatic carbocycles. The fraction of sp³-hybridized carbons (Fsp3) is 0.571. The van der Waals surface area contributed by atoms with E-state index in [-0.39, 0.29) is 11.5 Å². The molecule has 1 rings (SSSR count). The van der Waals surface area contributed by atoms with E-state index in [1.807, 2.05) is 12.1 Å². The minimum absolute atomic E-state index is 0.200. The minimum atomic E-state index is -3.54. The van der Waals surface area contributed by atoms with Gasteiger partial charge in [0.05, 0.1) is 11.5 Å². The summed E-state index contributed by atoms with van der Waals surface area (Å²) < 4.78 is 25.8. The van der Waals surface area contributed by atoms with Crippen LogP contribution in [-0.4, -0.2) is 44.1 Å². The average Bonchev–Trinajstić information content (AvgIpc) is 2.46. The van der Waals surface area contributed by atoms with E-state index in [1.54, 1.807) is 19.1 Å². The zero-order valence-corrected chi connectivity index (χ0v) is 13.2. The molecule has 0 aromatic heterocycles. The second kappa shape index (κ2) is 7.73. The highest BCUT2D eigenvalue weighted by Gasteiger charge is 2.24. The summed E-state index contributed by atoms with van der Waals surface area (Å²) in [5, 5.41) is 12.3. The van der Waals surface area contributed by atoms with Gasteiger partial charge in [-0.15, -0.1) is 0 Å². The lowest BCUT2D eigenvalue weighted by Crippen LogP contribution is -2.37. The average molecular weight is 300 g/mol. The van der Waals surface area contributed by atoms with E-state index in [0.717, 1.165) is 25.1 Å². The summed E-state index contributed by atoms with van der Waals surface area (Å²) in [6, 6.07) is 6.41. The van der Waals surface area contributed by atoms with Crippen LogP contribution in [0.15, 0.2) is 29.2 Å². The first-order chi connectivity index (χ1) is 9.43. The number of nitrogens with one attached hydrogen (secondary N) is 1. The Balaban J connectivity index is 2.81. The highest BCUT2D eigenvalue weighted by Crippen LogP contribution is 2.17. The fourth-order valence-electron chi connectivity index (χ4n) is 1.71. The summed E-state index contributed by atoms with van der Waals surface area (Å²) in [5.74, 6) is 0. The predicted molar refractivity (Wildman–Crippen MR) is 79.9 cm³/mol. The van der Waals surface area contributed by atoms with E-state index in [0.29, 0.717) is 0 Å². The Morgan fingerprint density at radius 1 is 1.30 bits per heavy atom. The van der Waals surface area contributed by atoms with Gasteiger partial charge in [-0.25, -0.2) is 8.42 Å². The Bertz CT molecular complexity index is 500. The molecule has 2 N–H and O–H groups in total. The molecule has 0 amide bonds. The van der Waals surface area contributed by atoms with Crippen molar-refractivity contribution in [3.05, 3.63) is 29.8 Å². The monoisotopic (exact) mass is 300 g/mol. The summed E-state index contributed by atoms with van der Waals surface area (Å²) in [4.78, 5) is 0.250. The third-order valence-electron chi connectivity index (χ3n) is 3.24. The number of rotatable bonds is 8. The summed E-state index contributed by atoms with van der Waals surface area (Å²) in [6.07, 6.45) is 1.07. The molecular weight excluding hydrogens is 276 g/mol. The van der Waals surface area contributed by atoms with Crippen molar-refractivity contribution in [3.63, 3.8) is 0 Å². The fourth-order valence-corrected chi connectivity index (χ4v) is 3.06. The van der Waals surface area contributed by atoms with Gasteiger partial charge in [0.2, 0.25) is 10.0 Å². The maximum absolute atomic E-state index is 12.3. The van der Waals surface area contributed by atoms with Crippen molar-refractivity contribution in [3.8, 4) is 0 Å². The summed E-state index contributed by atoms with van der Waals surface area (Å²) in [6.45, 7) is 5.24. The summed E-state index contributed by atoms with van der Waals surface area (Å²) in [5.41, 5.74) is 1.05. The standard InChI is InChI=1S/C14H24N2O3S/c1-4-9-15-10-13-5-7-14(8-6-13)20(18,19)16(3)12(2)11-17/h5-8,12,15,17H,4,9-11H2,1-3H3. The van der Waals surface area contributed by atoms with Gasteiger partial charge in [0.25, 0.3) is 0 Å². The highest BCUT2D eigenvalue weighted by atomic mass is 32.2. The zero-order chi connectivity index (χ0) is 15.2.